The number of hydrogen-bond acceptors (Lipinski definition) is 3. The van der Waals surface area contributed by atoms with E-state index in [1.54, 1.807) is 0 Å². The van der Waals surface area contributed by atoms with Gasteiger partial charge in [0.25, 0.3) is 0 Å². The highest BCUT2D eigenvalue weighted by atomic mass is 32.2. The molecule has 2 aliphatic rings. The van der Waals surface area contributed by atoms with Crippen LogP contribution in [-0.4, -0.2) is 33.9 Å². The molecule has 2 heterocycles. The maximum Gasteiger partial charge on any atom is 0.0670 e. The molecule has 0 spiro atoms. The highest BCUT2D eigenvalue weighted by Crippen LogP contribution is 2.48. The SMILES string of the molecule is CC1(C)CC(C2CSCC2O)C(C)(C)O1. The molecular weight excluding hydrogens is 208 g/mol. The van der Waals surface area contributed by atoms with Crippen LogP contribution in [0.2, 0.25) is 0 Å². The van der Waals surface area contributed by atoms with E-state index in [0.717, 1.165) is 17.9 Å². The molecule has 2 nitrogen and oxygen atoms in total. The van der Waals surface area contributed by atoms with E-state index in [9.17, 15) is 5.11 Å². The monoisotopic (exact) mass is 230 g/mol. The van der Waals surface area contributed by atoms with Gasteiger partial charge in [0.1, 0.15) is 0 Å². The molecule has 3 unspecified atom stereocenters. The summed E-state index contributed by atoms with van der Waals surface area (Å²) >= 11 is 1.87. The number of hydrogen-bond donors (Lipinski definition) is 1. The van der Waals surface area contributed by atoms with Crippen molar-refractivity contribution in [1.29, 1.82) is 0 Å². The van der Waals surface area contributed by atoms with Crippen molar-refractivity contribution in [3.8, 4) is 0 Å². The van der Waals surface area contributed by atoms with E-state index in [1.165, 1.54) is 0 Å². The summed E-state index contributed by atoms with van der Waals surface area (Å²) in [6, 6.07) is 0. The van der Waals surface area contributed by atoms with Gasteiger partial charge in [0.2, 0.25) is 0 Å². The van der Waals surface area contributed by atoms with Crippen molar-refractivity contribution in [1.82, 2.24) is 0 Å². The lowest BCUT2D eigenvalue weighted by Crippen LogP contribution is -2.37. The Morgan fingerprint density at radius 3 is 2.27 bits per heavy atom. The lowest BCUT2D eigenvalue weighted by molar-refractivity contribution is -0.0836. The molecule has 3 heteroatoms. The molecule has 0 saturated carbocycles. The largest absolute Gasteiger partial charge is 0.392 e. The first-order valence-corrected chi connectivity index (χ1v) is 6.93. The first-order chi connectivity index (χ1) is 6.82. The zero-order chi connectivity index (χ0) is 11.3. The summed E-state index contributed by atoms with van der Waals surface area (Å²) in [6.07, 6.45) is 0.944. The van der Waals surface area contributed by atoms with Crippen molar-refractivity contribution in [2.75, 3.05) is 11.5 Å². The van der Waals surface area contributed by atoms with E-state index < -0.39 is 0 Å². The van der Waals surface area contributed by atoms with Gasteiger partial charge < -0.3 is 9.84 Å². The number of rotatable bonds is 1. The smallest absolute Gasteiger partial charge is 0.0670 e. The van der Waals surface area contributed by atoms with Crippen molar-refractivity contribution in [2.24, 2.45) is 11.8 Å². The minimum Gasteiger partial charge on any atom is -0.392 e. The molecule has 1 N–H and O–H groups in total. The van der Waals surface area contributed by atoms with E-state index in [4.69, 9.17) is 4.74 Å². The van der Waals surface area contributed by atoms with Crippen LogP contribution in [0.4, 0.5) is 0 Å². The second-order valence-corrected chi connectivity index (χ2v) is 7.12. The van der Waals surface area contributed by atoms with Crippen LogP contribution in [0.1, 0.15) is 34.1 Å². The molecule has 0 amide bonds. The first-order valence-electron chi connectivity index (χ1n) is 5.78. The predicted molar refractivity (Wildman–Crippen MR) is 64.2 cm³/mol. The van der Waals surface area contributed by atoms with Crippen molar-refractivity contribution in [3.05, 3.63) is 0 Å². The molecule has 0 radical (unpaired) electrons. The fourth-order valence-electron chi connectivity index (χ4n) is 3.22. The van der Waals surface area contributed by atoms with Gasteiger partial charge in [0, 0.05) is 11.7 Å². The van der Waals surface area contributed by atoms with Crippen molar-refractivity contribution in [2.45, 2.75) is 51.4 Å². The Morgan fingerprint density at radius 1 is 1.20 bits per heavy atom. The van der Waals surface area contributed by atoms with E-state index in [0.29, 0.717) is 11.8 Å². The summed E-state index contributed by atoms with van der Waals surface area (Å²) in [4.78, 5) is 0. The van der Waals surface area contributed by atoms with E-state index in [2.05, 4.69) is 27.7 Å². The second-order valence-electron chi connectivity index (χ2n) is 6.04. The maximum absolute atomic E-state index is 9.98. The molecule has 2 rings (SSSR count). The molecule has 0 bridgehead atoms. The third-order valence-electron chi connectivity index (χ3n) is 3.75. The van der Waals surface area contributed by atoms with E-state index in [1.807, 2.05) is 11.8 Å². The third kappa shape index (κ3) is 2.20. The summed E-state index contributed by atoms with van der Waals surface area (Å²) < 4.78 is 6.09. The Balaban J connectivity index is 2.15. The summed E-state index contributed by atoms with van der Waals surface area (Å²) in [5.74, 6) is 2.91. The number of thioether (sulfide) groups is 1. The average molecular weight is 230 g/mol. The van der Waals surface area contributed by atoms with E-state index >= 15 is 0 Å². The average Bonchev–Trinajstić information content (AvgIpc) is 2.52. The topological polar surface area (TPSA) is 29.5 Å². The zero-order valence-electron chi connectivity index (χ0n) is 10.1. The van der Waals surface area contributed by atoms with Crippen LogP contribution in [-0.2, 0) is 4.74 Å². The van der Waals surface area contributed by atoms with Crippen LogP contribution < -0.4 is 0 Å². The number of aliphatic hydroxyl groups is 1. The Morgan fingerprint density at radius 2 is 1.87 bits per heavy atom. The van der Waals surface area contributed by atoms with Gasteiger partial charge in [-0.15, -0.1) is 0 Å². The highest BCUT2D eigenvalue weighted by molar-refractivity contribution is 7.99. The van der Waals surface area contributed by atoms with Crippen molar-refractivity contribution >= 4 is 11.8 Å². The molecule has 2 saturated heterocycles. The third-order valence-corrected chi connectivity index (χ3v) is 4.95. The molecule has 0 aromatic heterocycles. The zero-order valence-corrected chi connectivity index (χ0v) is 10.9. The maximum atomic E-state index is 9.98. The highest BCUT2D eigenvalue weighted by Gasteiger charge is 2.51. The van der Waals surface area contributed by atoms with E-state index in [-0.39, 0.29) is 17.3 Å². The molecule has 0 aromatic carbocycles. The lowest BCUT2D eigenvalue weighted by Gasteiger charge is -2.32. The lowest BCUT2D eigenvalue weighted by atomic mass is 9.76. The van der Waals surface area contributed by atoms with Crippen LogP contribution in [0, 0.1) is 11.8 Å². The summed E-state index contributed by atoms with van der Waals surface area (Å²) in [5.41, 5.74) is -0.110. The molecule has 15 heavy (non-hydrogen) atoms. The van der Waals surface area contributed by atoms with Gasteiger partial charge >= 0.3 is 0 Å². The summed E-state index contributed by atoms with van der Waals surface area (Å²) in [7, 11) is 0. The Kier molecular flexibility index (Phi) is 2.85. The fraction of sp³-hybridized carbons (Fsp3) is 1.00. The van der Waals surface area contributed by atoms with Crippen LogP contribution in [0.3, 0.4) is 0 Å². The van der Waals surface area contributed by atoms with Gasteiger partial charge in [0.05, 0.1) is 17.3 Å². The molecular formula is C12H22O2S. The molecule has 0 aliphatic carbocycles. The normalized spacial score (nSPS) is 43.4. The van der Waals surface area contributed by atoms with Crippen LogP contribution in [0.5, 0.6) is 0 Å². The number of ether oxygens (including phenoxy) is 1. The minimum absolute atomic E-state index is 0.0266. The summed E-state index contributed by atoms with van der Waals surface area (Å²) in [5, 5.41) is 9.98. The molecule has 2 fully saturated rings. The predicted octanol–water partition coefficient (Wildman–Crippen LogP) is 2.30. The Bertz CT molecular complexity index is 250. The van der Waals surface area contributed by atoms with Crippen molar-refractivity contribution < 1.29 is 9.84 Å². The fourth-order valence-corrected chi connectivity index (χ4v) is 4.57. The van der Waals surface area contributed by atoms with Crippen LogP contribution in [0.15, 0.2) is 0 Å². The van der Waals surface area contributed by atoms with Crippen LogP contribution >= 0.6 is 11.8 Å². The Hall–Kier alpha value is 0.270. The van der Waals surface area contributed by atoms with Crippen LogP contribution in [0.25, 0.3) is 0 Å². The van der Waals surface area contributed by atoms with Gasteiger partial charge in [-0.2, -0.15) is 11.8 Å². The molecule has 2 aliphatic heterocycles. The number of aliphatic hydroxyl groups excluding tert-OH is 1. The Labute approximate surface area is 96.8 Å². The van der Waals surface area contributed by atoms with Gasteiger partial charge in [0.15, 0.2) is 0 Å². The van der Waals surface area contributed by atoms with Gasteiger partial charge in [-0.05, 0) is 45.8 Å². The van der Waals surface area contributed by atoms with Gasteiger partial charge in [-0.25, -0.2) is 0 Å². The quantitative estimate of drug-likeness (QED) is 0.749. The first kappa shape index (κ1) is 11.7. The van der Waals surface area contributed by atoms with Gasteiger partial charge in [-0.1, -0.05) is 0 Å². The van der Waals surface area contributed by atoms with Gasteiger partial charge in [-0.3, -0.25) is 0 Å². The standard InChI is InChI=1S/C12H22O2S/c1-11(2)5-9(12(3,4)14-11)8-6-15-7-10(8)13/h8-10,13H,5-7H2,1-4H3. The summed E-state index contributed by atoms with van der Waals surface area (Å²) in [6.45, 7) is 8.65. The minimum atomic E-state index is -0.128. The molecule has 3 atom stereocenters. The molecule has 0 aromatic rings. The van der Waals surface area contributed by atoms with Crippen molar-refractivity contribution in [3.63, 3.8) is 0 Å². The second kappa shape index (κ2) is 3.64. The molecule has 88 valence electrons.